The van der Waals surface area contributed by atoms with Crippen molar-refractivity contribution in [1.29, 1.82) is 0 Å². The van der Waals surface area contributed by atoms with E-state index in [1.807, 2.05) is 115 Å². The fourth-order valence-corrected chi connectivity index (χ4v) is 3.96. The van der Waals surface area contributed by atoms with Crippen molar-refractivity contribution in [2.75, 3.05) is 13.7 Å². The molecule has 0 saturated heterocycles. The Kier molecular flexibility index (Phi) is 7.88. The second kappa shape index (κ2) is 11.4. The summed E-state index contributed by atoms with van der Waals surface area (Å²) in [6, 6.07) is 37.2. The lowest BCUT2D eigenvalue weighted by atomic mass is 9.95. The van der Waals surface area contributed by atoms with Crippen LogP contribution in [0.4, 0.5) is 0 Å². The maximum atomic E-state index is 11.7. The van der Waals surface area contributed by atoms with Gasteiger partial charge in [-0.3, -0.25) is 0 Å². The van der Waals surface area contributed by atoms with Crippen LogP contribution < -0.4 is 4.74 Å². The number of benzene rings is 4. The van der Waals surface area contributed by atoms with Gasteiger partial charge in [-0.1, -0.05) is 103 Å². The molecule has 33 heavy (non-hydrogen) atoms. The normalized spacial score (nSPS) is 12.9. The smallest absolute Gasteiger partial charge is 0.118 e. The second-order valence-electron chi connectivity index (χ2n) is 7.89. The third-order valence-corrected chi connectivity index (χ3v) is 5.70. The molecular weight excluding hydrogens is 410 g/mol. The molecule has 4 aromatic carbocycles. The monoisotopic (exact) mass is 439 g/mol. The van der Waals surface area contributed by atoms with E-state index < -0.39 is 0 Å². The molecule has 0 unspecified atom stereocenters. The second-order valence-corrected chi connectivity index (χ2v) is 7.89. The largest absolute Gasteiger partial charge is 0.497 e. The molecule has 0 heterocycles. The Bertz CT molecular complexity index is 1090. The molecule has 0 bridgehead atoms. The lowest BCUT2D eigenvalue weighted by Crippen LogP contribution is -2.33. The Morgan fingerprint density at radius 1 is 0.667 bits per heavy atom. The van der Waals surface area contributed by atoms with Crippen molar-refractivity contribution in [3.63, 3.8) is 0 Å². The number of rotatable bonds is 10. The lowest BCUT2D eigenvalue weighted by molar-refractivity contribution is -0.169. The molecule has 2 atom stereocenters. The van der Waals surface area contributed by atoms with E-state index in [0.717, 1.165) is 28.0 Å². The van der Waals surface area contributed by atoms with Gasteiger partial charge < -0.3 is 14.7 Å². The highest BCUT2D eigenvalue weighted by Crippen LogP contribution is 2.35. The SMILES string of the molecule is COc1ccc([C@@H](c2ccccc2)N(O)[C@@H](COCc2ccccc2)c2ccccc2)cc1. The Balaban J connectivity index is 1.64. The number of hydroxylamine groups is 2. The van der Waals surface area contributed by atoms with E-state index in [2.05, 4.69) is 0 Å². The van der Waals surface area contributed by atoms with E-state index in [9.17, 15) is 5.21 Å². The molecule has 4 aromatic rings. The van der Waals surface area contributed by atoms with Crippen molar-refractivity contribution in [1.82, 2.24) is 5.06 Å². The topological polar surface area (TPSA) is 41.9 Å². The summed E-state index contributed by atoms with van der Waals surface area (Å²) in [6.45, 7) is 0.825. The molecule has 0 radical (unpaired) electrons. The number of hydrogen-bond donors (Lipinski definition) is 1. The molecule has 168 valence electrons. The maximum Gasteiger partial charge on any atom is 0.118 e. The molecule has 0 aliphatic heterocycles. The molecule has 0 fully saturated rings. The maximum absolute atomic E-state index is 11.7. The van der Waals surface area contributed by atoms with Crippen LogP contribution in [-0.2, 0) is 11.3 Å². The summed E-state index contributed by atoms with van der Waals surface area (Å²) < 4.78 is 11.4. The van der Waals surface area contributed by atoms with Crippen LogP contribution in [0.3, 0.4) is 0 Å². The third-order valence-electron chi connectivity index (χ3n) is 5.70. The zero-order chi connectivity index (χ0) is 22.9. The van der Waals surface area contributed by atoms with Gasteiger partial charge in [-0.2, -0.15) is 5.06 Å². The van der Waals surface area contributed by atoms with Crippen molar-refractivity contribution >= 4 is 0 Å². The first kappa shape index (κ1) is 22.7. The van der Waals surface area contributed by atoms with Crippen LogP contribution in [0.5, 0.6) is 5.75 Å². The fraction of sp³-hybridized carbons (Fsp3) is 0.172. The van der Waals surface area contributed by atoms with Gasteiger partial charge in [0.15, 0.2) is 0 Å². The summed E-state index contributed by atoms with van der Waals surface area (Å²) in [5.41, 5.74) is 4.05. The van der Waals surface area contributed by atoms with Gasteiger partial charge >= 0.3 is 0 Å². The summed E-state index contributed by atoms with van der Waals surface area (Å²) in [4.78, 5) is 0. The predicted molar refractivity (Wildman–Crippen MR) is 130 cm³/mol. The molecule has 4 nitrogen and oxygen atoms in total. The van der Waals surface area contributed by atoms with E-state index in [-0.39, 0.29) is 12.1 Å². The van der Waals surface area contributed by atoms with Crippen LogP contribution in [-0.4, -0.2) is 24.0 Å². The van der Waals surface area contributed by atoms with Crippen molar-refractivity contribution in [3.8, 4) is 5.75 Å². The van der Waals surface area contributed by atoms with Crippen molar-refractivity contribution in [3.05, 3.63) is 138 Å². The van der Waals surface area contributed by atoms with Gasteiger partial charge in [-0.05, 0) is 34.4 Å². The van der Waals surface area contributed by atoms with Crippen LogP contribution in [0, 0.1) is 0 Å². The zero-order valence-corrected chi connectivity index (χ0v) is 18.7. The molecule has 0 amide bonds. The van der Waals surface area contributed by atoms with Gasteiger partial charge in [0, 0.05) is 0 Å². The van der Waals surface area contributed by atoms with Gasteiger partial charge in [0.25, 0.3) is 0 Å². The van der Waals surface area contributed by atoms with Gasteiger partial charge in [-0.15, -0.1) is 0 Å². The Morgan fingerprint density at radius 2 is 1.18 bits per heavy atom. The van der Waals surface area contributed by atoms with Gasteiger partial charge in [0.1, 0.15) is 5.75 Å². The van der Waals surface area contributed by atoms with Gasteiger partial charge in [0.2, 0.25) is 0 Å². The van der Waals surface area contributed by atoms with Crippen LogP contribution in [0.25, 0.3) is 0 Å². The molecule has 4 heteroatoms. The minimum absolute atomic E-state index is 0.342. The predicted octanol–water partition coefficient (Wildman–Crippen LogP) is 6.43. The first-order valence-corrected chi connectivity index (χ1v) is 11.1. The Hall–Kier alpha value is -3.44. The van der Waals surface area contributed by atoms with Gasteiger partial charge in [-0.25, -0.2) is 0 Å². The van der Waals surface area contributed by atoms with Crippen LogP contribution in [0.15, 0.2) is 115 Å². The first-order chi connectivity index (χ1) is 16.3. The highest BCUT2D eigenvalue weighted by atomic mass is 16.5. The van der Waals surface area contributed by atoms with Crippen molar-refractivity contribution in [2.45, 2.75) is 18.7 Å². The molecule has 1 N–H and O–H groups in total. The number of methoxy groups -OCH3 is 1. The zero-order valence-electron chi connectivity index (χ0n) is 18.7. The molecule has 4 rings (SSSR count). The van der Waals surface area contributed by atoms with Crippen molar-refractivity contribution in [2.24, 2.45) is 0 Å². The van der Waals surface area contributed by atoms with E-state index >= 15 is 0 Å². The van der Waals surface area contributed by atoms with Crippen LogP contribution in [0.1, 0.15) is 34.3 Å². The third kappa shape index (κ3) is 5.88. The summed E-state index contributed by atoms with van der Waals surface area (Å²) in [5, 5.41) is 13.1. The lowest BCUT2D eigenvalue weighted by Gasteiger charge is -2.34. The average molecular weight is 440 g/mol. The van der Waals surface area contributed by atoms with E-state index in [1.165, 1.54) is 5.06 Å². The first-order valence-electron chi connectivity index (χ1n) is 11.1. The van der Waals surface area contributed by atoms with Gasteiger partial charge in [0.05, 0.1) is 32.4 Å². The molecule has 0 spiro atoms. The quantitative estimate of drug-likeness (QED) is 0.289. The fourth-order valence-electron chi connectivity index (χ4n) is 3.96. The molecule has 0 saturated carbocycles. The number of ether oxygens (including phenoxy) is 2. The minimum Gasteiger partial charge on any atom is -0.497 e. The molecular formula is C29H29NO3. The standard InChI is InChI=1S/C29H29NO3/c1-32-27-19-17-26(18-20-27)29(25-15-9-4-10-16-25)30(31)28(24-13-7-3-8-14-24)22-33-21-23-11-5-2-6-12-23/h2-20,28-29,31H,21-22H2,1H3/t28-,29+/m0/s1. The number of nitrogens with zero attached hydrogens (tertiary/aromatic N) is 1. The average Bonchev–Trinajstić information content (AvgIpc) is 2.89. The van der Waals surface area contributed by atoms with Crippen molar-refractivity contribution < 1.29 is 14.7 Å². The molecule has 0 aliphatic rings. The highest BCUT2D eigenvalue weighted by Gasteiger charge is 2.29. The van der Waals surface area contributed by atoms with E-state index in [1.54, 1.807) is 7.11 Å². The van der Waals surface area contributed by atoms with E-state index in [0.29, 0.717) is 13.2 Å². The van der Waals surface area contributed by atoms with Crippen LogP contribution in [0.2, 0.25) is 0 Å². The number of hydrogen-bond acceptors (Lipinski definition) is 4. The summed E-state index contributed by atoms with van der Waals surface area (Å²) in [6.07, 6.45) is 0. The highest BCUT2D eigenvalue weighted by molar-refractivity contribution is 5.36. The summed E-state index contributed by atoms with van der Waals surface area (Å²) >= 11 is 0. The summed E-state index contributed by atoms with van der Waals surface area (Å²) in [5.74, 6) is 0.779. The molecule has 0 aliphatic carbocycles. The Labute approximate surface area is 195 Å². The Morgan fingerprint density at radius 3 is 1.76 bits per heavy atom. The van der Waals surface area contributed by atoms with Crippen LogP contribution >= 0.6 is 0 Å². The minimum atomic E-state index is -0.373. The van der Waals surface area contributed by atoms with E-state index in [4.69, 9.17) is 9.47 Å². The molecule has 0 aromatic heterocycles. The summed E-state index contributed by atoms with van der Waals surface area (Å²) in [7, 11) is 1.65.